The minimum absolute atomic E-state index is 0.00188. The van der Waals surface area contributed by atoms with Crippen molar-refractivity contribution in [1.82, 2.24) is 5.32 Å². The van der Waals surface area contributed by atoms with E-state index in [4.69, 9.17) is 4.74 Å². The average molecular weight is 345 g/mol. The molecule has 2 amide bonds. The molecule has 25 heavy (non-hydrogen) atoms. The summed E-state index contributed by atoms with van der Waals surface area (Å²) in [5.41, 5.74) is 1.10. The second-order valence-corrected chi connectivity index (χ2v) is 6.97. The molecule has 6 heteroatoms. The number of piperidine rings is 2. The zero-order valence-corrected chi connectivity index (χ0v) is 14.8. The molecule has 0 radical (unpaired) electrons. The number of amides is 2. The van der Waals surface area contributed by atoms with Gasteiger partial charge in [0, 0.05) is 31.5 Å². The van der Waals surface area contributed by atoms with Crippen LogP contribution in [0, 0.1) is 5.41 Å². The number of nitrogens with one attached hydrogen (secondary N) is 2. The molecule has 2 saturated heterocycles. The fourth-order valence-electron chi connectivity index (χ4n) is 3.71. The SMILES string of the molecule is COCC1(C(=O)Nc2cccc(N3CCCCC3=O)c2)CCNCC1. The Hall–Kier alpha value is -1.92. The molecule has 2 aliphatic heterocycles. The smallest absolute Gasteiger partial charge is 0.233 e. The van der Waals surface area contributed by atoms with Gasteiger partial charge in [-0.25, -0.2) is 0 Å². The summed E-state index contributed by atoms with van der Waals surface area (Å²) < 4.78 is 5.33. The highest BCUT2D eigenvalue weighted by Gasteiger charge is 2.39. The lowest BCUT2D eigenvalue weighted by molar-refractivity contribution is -0.130. The number of ether oxygens (including phenoxy) is 1. The number of hydrogen-bond acceptors (Lipinski definition) is 4. The monoisotopic (exact) mass is 345 g/mol. The maximum Gasteiger partial charge on any atom is 0.233 e. The van der Waals surface area contributed by atoms with Crippen molar-refractivity contribution in [2.24, 2.45) is 5.41 Å². The summed E-state index contributed by atoms with van der Waals surface area (Å²) in [5.74, 6) is 0.155. The molecular weight excluding hydrogens is 318 g/mol. The van der Waals surface area contributed by atoms with Crippen molar-refractivity contribution in [2.45, 2.75) is 32.1 Å². The van der Waals surface area contributed by atoms with E-state index in [2.05, 4.69) is 10.6 Å². The average Bonchev–Trinajstić information content (AvgIpc) is 2.63. The van der Waals surface area contributed by atoms with Gasteiger partial charge in [0.25, 0.3) is 0 Å². The molecule has 136 valence electrons. The molecule has 0 saturated carbocycles. The van der Waals surface area contributed by atoms with Crippen LogP contribution >= 0.6 is 0 Å². The molecule has 1 aromatic rings. The van der Waals surface area contributed by atoms with Gasteiger partial charge in [0.1, 0.15) is 0 Å². The molecule has 3 rings (SSSR count). The number of hydrogen-bond donors (Lipinski definition) is 2. The molecule has 2 heterocycles. The molecule has 0 atom stereocenters. The third-order valence-electron chi connectivity index (χ3n) is 5.20. The molecule has 2 aliphatic rings. The topological polar surface area (TPSA) is 70.7 Å². The second-order valence-electron chi connectivity index (χ2n) is 6.97. The van der Waals surface area contributed by atoms with Crippen LogP contribution in [0.15, 0.2) is 24.3 Å². The molecular formula is C19H27N3O3. The van der Waals surface area contributed by atoms with Crippen molar-refractivity contribution < 1.29 is 14.3 Å². The Balaban J connectivity index is 1.74. The van der Waals surface area contributed by atoms with Crippen LogP contribution in [-0.4, -0.2) is 45.2 Å². The summed E-state index contributed by atoms with van der Waals surface area (Å²) in [5, 5.41) is 6.34. The largest absolute Gasteiger partial charge is 0.384 e. The van der Waals surface area contributed by atoms with E-state index in [9.17, 15) is 9.59 Å². The molecule has 2 N–H and O–H groups in total. The molecule has 1 aromatic carbocycles. The molecule has 6 nitrogen and oxygen atoms in total. The van der Waals surface area contributed by atoms with E-state index < -0.39 is 5.41 Å². The van der Waals surface area contributed by atoms with Gasteiger partial charge in [-0.1, -0.05) is 6.07 Å². The van der Waals surface area contributed by atoms with Crippen LogP contribution in [0.2, 0.25) is 0 Å². The second kappa shape index (κ2) is 7.97. The quantitative estimate of drug-likeness (QED) is 0.858. The van der Waals surface area contributed by atoms with Crippen molar-refractivity contribution >= 4 is 23.2 Å². The summed E-state index contributed by atoms with van der Waals surface area (Å²) in [6, 6.07) is 7.58. The van der Waals surface area contributed by atoms with Gasteiger partial charge in [-0.15, -0.1) is 0 Å². The van der Waals surface area contributed by atoms with E-state index in [0.717, 1.165) is 56.7 Å². The Morgan fingerprint density at radius 2 is 2.12 bits per heavy atom. The highest BCUT2D eigenvalue weighted by Crippen LogP contribution is 2.31. The lowest BCUT2D eigenvalue weighted by Gasteiger charge is -2.35. The van der Waals surface area contributed by atoms with Gasteiger partial charge in [0.2, 0.25) is 11.8 Å². The fraction of sp³-hybridized carbons (Fsp3) is 0.579. The third kappa shape index (κ3) is 4.02. The third-order valence-corrected chi connectivity index (χ3v) is 5.20. The van der Waals surface area contributed by atoms with E-state index in [1.54, 1.807) is 7.11 Å². The minimum Gasteiger partial charge on any atom is -0.384 e. The Kier molecular flexibility index (Phi) is 5.71. The predicted molar refractivity (Wildman–Crippen MR) is 97.7 cm³/mol. The summed E-state index contributed by atoms with van der Waals surface area (Å²) in [6.07, 6.45) is 4.10. The van der Waals surface area contributed by atoms with Crippen LogP contribution in [0.25, 0.3) is 0 Å². The van der Waals surface area contributed by atoms with Gasteiger partial charge in [-0.05, 0) is 57.0 Å². The molecule has 0 aliphatic carbocycles. The zero-order valence-electron chi connectivity index (χ0n) is 14.8. The van der Waals surface area contributed by atoms with Gasteiger partial charge in [0.15, 0.2) is 0 Å². The van der Waals surface area contributed by atoms with E-state index in [-0.39, 0.29) is 11.8 Å². The maximum absolute atomic E-state index is 12.9. The molecule has 0 bridgehead atoms. The molecule has 0 spiro atoms. The lowest BCUT2D eigenvalue weighted by Crippen LogP contribution is -2.47. The Bertz CT molecular complexity index is 621. The van der Waals surface area contributed by atoms with Crippen molar-refractivity contribution in [2.75, 3.05) is 43.6 Å². The van der Waals surface area contributed by atoms with Crippen LogP contribution in [0.1, 0.15) is 32.1 Å². The number of anilines is 2. The fourth-order valence-corrected chi connectivity index (χ4v) is 3.71. The van der Waals surface area contributed by atoms with Gasteiger partial charge < -0.3 is 20.3 Å². The summed E-state index contributed by atoms with van der Waals surface area (Å²) in [7, 11) is 1.64. The molecule has 2 fully saturated rings. The maximum atomic E-state index is 12.9. The van der Waals surface area contributed by atoms with Crippen molar-refractivity contribution in [1.29, 1.82) is 0 Å². The first-order chi connectivity index (χ1) is 12.1. The van der Waals surface area contributed by atoms with Crippen molar-refractivity contribution in [3.8, 4) is 0 Å². The van der Waals surface area contributed by atoms with E-state index in [1.165, 1.54) is 0 Å². The normalized spacial score (nSPS) is 20.4. The van der Waals surface area contributed by atoms with E-state index >= 15 is 0 Å². The minimum atomic E-state index is -0.489. The predicted octanol–water partition coefficient (Wildman–Crippen LogP) is 2.16. The van der Waals surface area contributed by atoms with Crippen LogP contribution in [-0.2, 0) is 14.3 Å². The van der Waals surface area contributed by atoms with Crippen molar-refractivity contribution in [3.05, 3.63) is 24.3 Å². The van der Waals surface area contributed by atoms with E-state index in [1.807, 2.05) is 29.2 Å². The number of methoxy groups -OCH3 is 1. The Morgan fingerprint density at radius 1 is 1.32 bits per heavy atom. The number of nitrogens with zero attached hydrogens (tertiary/aromatic N) is 1. The highest BCUT2D eigenvalue weighted by atomic mass is 16.5. The lowest BCUT2D eigenvalue weighted by atomic mass is 9.78. The summed E-state index contributed by atoms with van der Waals surface area (Å²) in [4.78, 5) is 26.9. The number of carbonyl (C=O) groups is 2. The first kappa shape index (κ1) is 17.9. The Labute approximate surface area is 148 Å². The summed E-state index contributed by atoms with van der Waals surface area (Å²) >= 11 is 0. The van der Waals surface area contributed by atoms with Crippen LogP contribution in [0.5, 0.6) is 0 Å². The first-order valence-corrected chi connectivity index (χ1v) is 9.06. The number of benzene rings is 1. The van der Waals surface area contributed by atoms with Gasteiger partial charge in [-0.2, -0.15) is 0 Å². The summed E-state index contributed by atoms with van der Waals surface area (Å²) in [6.45, 7) is 2.80. The van der Waals surface area contributed by atoms with Gasteiger partial charge in [0.05, 0.1) is 12.0 Å². The molecule has 0 unspecified atom stereocenters. The standard InChI is InChI=1S/C19H27N3O3/c1-25-14-19(8-10-20-11-9-19)18(24)21-15-5-4-6-16(13-15)22-12-3-2-7-17(22)23/h4-6,13,20H,2-3,7-12,14H2,1H3,(H,21,24). The first-order valence-electron chi connectivity index (χ1n) is 9.06. The highest BCUT2D eigenvalue weighted by molar-refractivity contribution is 5.98. The van der Waals surface area contributed by atoms with Crippen molar-refractivity contribution in [3.63, 3.8) is 0 Å². The van der Waals surface area contributed by atoms with Gasteiger partial charge >= 0.3 is 0 Å². The van der Waals surface area contributed by atoms with Gasteiger partial charge in [-0.3, -0.25) is 9.59 Å². The van der Waals surface area contributed by atoms with Crippen LogP contribution in [0.4, 0.5) is 11.4 Å². The number of carbonyl (C=O) groups excluding carboxylic acids is 2. The van der Waals surface area contributed by atoms with E-state index in [0.29, 0.717) is 13.0 Å². The Morgan fingerprint density at radius 3 is 2.84 bits per heavy atom. The zero-order chi connectivity index (χ0) is 17.7. The van der Waals surface area contributed by atoms with Crippen LogP contribution in [0.3, 0.4) is 0 Å². The number of rotatable bonds is 5. The van der Waals surface area contributed by atoms with Crippen LogP contribution < -0.4 is 15.5 Å². The molecule has 0 aromatic heterocycles.